The zero-order valence-electron chi connectivity index (χ0n) is 10.9. The first-order chi connectivity index (χ1) is 8.15. The fraction of sp³-hybridized carbons (Fsp3) is 0.571. The van der Waals surface area contributed by atoms with E-state index in [1.165, 1.54) is 0 Å². The van der Waals surface area contributed by atoms with E-state index < -0.39 is 5.60 Å². The van der Waals surface area contributed by atoms with Gasteiger partial charge in [0, 0.05) is 0 Å². The van der Waals surface area contributed by atoms with Crippen LogP contribution in [0, 0.1) is 0 Å². The summed E-state index contributed by atoms with van der Waals surface area (Å²) >= 11 is 0. The van der Waals surface area contributed by atoms with Gasteiger partial charge >= 0.3 is 0 Å². The van der Waals surface area contributed by atoms with Crippen molar-refractivity contribution in [3.05, 3.63) is 24.3 Å². The number of methoxy groups -OCH3 is 1. The van der Waals surface area contributed by atoms with E-state index in [-0.39, 0.29) is 0 Å². The van der Waals surface area contributed by atoms with E-state index in [0.29, 0.717) is 24.5 Å². The van der Waals surface area contributed by atoms with Gasteiger partial charge in [0.15, 0.2) is 11.5 Å². The van der Waals surface area contributed by atoms with Gasteiger partial charge in [0.05, 0.1) is 12.7 Å². The second-order valence-corrected chi connectivity index (χ2v) is 4.27. The maximum Gasteiger partial charge on any atom is 0.161 e. The molecular formula is C14H22O3. The van der Waals surface area contributed by atoms with Crippen LogP contribution >= 0.6 is 0 Å². The fourth-order valence-electron chi connectivity index (χ4n) is 1.77. The van der Waals surface area contributed by atoms with Gasteiger partial charge < -0.3 is 14.6 Å². The topological polar surface area (TPSA) is 38.7 Å². The highest BCUT2D eigenvalue weighted by molar-refractivity contribution is 5.39. The van der Waals surface area contributed by atoms with E-state index in [9.17, 15) is 5.11 Å². The van der Waals surface area contributed by atoms with E-state index in [2.05, 4.69) is 6.92 Å². The van der Waals surface area contributed by atoms with Crippen molar-refractivity contribution >= 4 is 0 Å². The molecule has 0 aromatic heterocycles. The summed E-state index contributed by atoms with van der Waals surface area (Å²) in [7, 11) is 1.61. The highest BCUT2D eigenvalue weighted by Gasteiger charge is 2.24. The molecule has 0 bridgehead atoms. The lowest BCUT2D eigenvalue weighted by atomic mass is 9.96. The molecule has 1 aromatic rings. The maximum absolute atomic E-state index is 10.3. The highest BCUT2D eigenvalue weighted by Crippen LogP contribution is 2.28. The zero-order chi connectivity index (χ0) is 12.7. The highest BCUT2D eigenvalue weighted by atomic mass is 16.5. The molecule has 1 aromatic carbocycles. The van der Waals surface area contributed by atoms with Crippen LogP contribution in [-0.4, -0.2) is 24.4 Å². The first-order valence-electron chi connectivity index (χ1n) is 6.13. The van der Waals surface area contributed by atoms with Gasteiger partial charge in [-0.25, -0.2) is 0 Å². The second kappa shape index (κ2) is 6.50. The SMILES string of the molecule is CCCC(O)(CC)COc1ccccc1OC. The largest absolute Gasteiger partial charge is 0.493 e. The molecule has 17 heavy (non-hydrogen) atoms. The van der Waals surface area contributed by atoms with Crippen LogP contribution in [0.3, 0.4) is 0 Å². The average Bonchev–Trinajstić information content (AvgIpc) is 2.37. The Morgan fingerprint density at radius 1 is 1.18 bits per heavy atom. The number of hydrogen-bond acceptors (Lipinski definition) is 3. The molecular weight excluding hydrogens is 216 g/mol. The molecule has 1 N–H and O–H groups in total. The van der Waals surface area contributed by atoms with Crippen LogP contribution in [0.5, 0.6) is 11.5 Å². The predicted octanol–water partition coefficient (Wildman–Crippen LogP) is 3.02. The minimum absolute atomic E-state index is 0.303. The summed E-state index contributed by atoms with van der Waals surface area (Å²) in [6, 6.07) is 7.48. The lowest BCUT2D eigenvalue weighted by Gasteiger charge is -2.26. The van der Waals surface area contributed by atoms with Gasteiger partial charge in [-0.1, -0.05) is 32.4 Å². The summed E-state index contributed by atoms with van der Waals surface area (Å²) in [6.07, 6.45) is 2.38. The number of benzene rings is 1. The van der Waals surface area contributed by atoms with Crippen LogP contribution in [0.4, 0.5) is 0 Å². The summed E-state index contributed by atoms with van der Waals surface area (Å²) in [6.45, 7) is 4.34. The van der Waals surface area contributed by atoms with Crippen LogP contribution in [0.2, 0.25) is 0 Å². The van der Waals surface area contributed by atoms with Crippen molar-refractivity contribution in [3.8, 4) is 11.5 Å². The van der Waals surface area contributed by atoms with E-state index in [1.54, 1.807) is 7.11 Å². The Hall–Kier alpha value is -1.22. The average molecular weight is 238 g/mol. The Kier molecular flexibility index (Phi) is 5.29. The Bertz CT molecular complexity index is 338. The van der Waals surface area contributed by atoms with Crippen LogP contribution in [-0.2, 0) is 0 Å². The third-order valence-electron chi connectivity index (χ3n) is 2.94. The number of hydrogen-bond donors (Lipinski definition) is 1. The molecule has 0 aliphatic heterocycles. The molecule has 3 nitrogen and oxygen atoms in total. The lowest BCUT2D eigenvalue weighted by molar-refractivity contribution is -0.0163. The first kappa shape index (κ1) is 13.8. The number of rotatable bonds is 7. The summed E-state index contributed by atoms with van der Waals surface area (Å²) in [5, 5.41) is 10.3. The smallest absolute Gasteiger partial charge is 0.161 e. The Balaban J connectivity index is 2.65. The zero-order valence-corrected chi connectivity index (χ0v) is 10.9. The van der Waals surface area contributed by atoms with Crippen molar-refractivity contribution in [3.63, 3.8) is 0 Å². The number of aliphatic hydroxyl groups is 1. The van der Waals surface area contributed by atoms with Crippen molar-refractivity contribution in [1.29, 1.82) is 0 Å². The molecule has 0 fully saturated rings. The molecule has 1 unspecified atom stereocenters. The van der Waals surface area contributed by atoms with Crippen LogP contribution < -0.4 is 9.47 Å². The fourth-order valence-corrected chi connectivity index (χ4v) is 1.77. The van der Waals surface area contributed by atoms with E-state index in [4.69, 9.17) is 9.47 Å². The lowest BCUT2D eigenvalue weighted by Crippen LogP contribution is -2.35. The molecule has 3 heteroatoms. The molecule has 1 atom stereocenters. The van der Waals surface area contributed by atoms with Gasteiger partial charge in [-0.2, -0.15) is 0 Å². The minimum Gasteiger partial charge on any atom is -0.493 e. The maximum atomic E-state index is 10.3. The molecule has 0 spiro atoms. The van der Waals surface area contributed by atoms with Gasteiger partial charge in [-0.15, -0.1) is 0 Å². The molecule has 0 saturated carbocycles. The molecule has 0 heterocycles. The van der Waals surface area contributed by atoms with E-state index in [0.717, 1.165) is 12.8 Å². The van der Waals surface area contributed by atoms with Gasteiger partial charge in [0.2, 0.25) is 0 Å². The quantitative estimate of drug-likeness (QED) is 0.793. The molecule has 0 amide bonds. The minimum atomic E-state index is -0.740. The summed E-state index contributed by atoms with van der Waals surface area (Å²) in [4.78, 5) is 0. The van der Waals surface area contributed by atoms with Gasteiger partial charge in [-0.05, 0) is 25.0 Å². The van der Waals surface area contributed by atoms with Crippen molar-refractivity contribution in [2.75, 3.05) is 13.7 Å². The van der Waals surface area contributed by atoms with Crippen LogP contribution in [0.25, 0.3) is 0 Å². The monoisotopic (exact) mass is 238 g/mol. The molecule has 96 valence electrons. The van der Waals surface area contributed by atoms with Crippen molar-refractivity contribution < 1.29 is 14.6 Å². The Labute approximate surface area is 103 Å². The van der Waals surface area contributed by atoms with Gasteiger partial charge in [-0.3, -0.25) is 0 Å². The van der Waals surface area contributed by atoms with Crippen molar-refractivity contribution in [2.24, 2.45) is 0 Å². The van der Waals surface area contributed by atoms with E-state index in [1.807, 2.05) is 31.2 Å². The van der Waals surface area contributed by atoms with Crippen molar-refractivity contribution in [2.45, 2.75) is 38.7 Å². The van der Waals surface area contributed by atoms with Crippen molar-refractivity contribution in [1.82, 2.24) is 0 Å². The van der Waals surface area contributed by atoms with E-state index >= 15 is 0 Å². The third-order valence-corrected chi connectivity index (χ3v) is 2.94. The third kappa shape index (κ3) is 3.93. The predicted molar refractivity (Wildman–Crippen MR) is 68.6 cm³/mol. The summed E-state index contributed by atoms with van der Waals surface area (Å²) < 4.78 is 10.9. The second-order valence-electron chi connectivity index (χ2n) is 4.27. The standard InChI is InChI=1S/C14H22O3/c1-4-10-14(15,5-2)11-17-13-9-7-6-8-12(13)16-3/h6-9,15H,4-5,10-11H2,1-3H3. The number of para-hydroxylation sites is 2. The van der Waals surface area contributed by atoms with Gasteiger partial charge in [0.1, 0.15) is 6.61 Å². The summed E-state index contributed by atoms with van der Waals surface area (Å²) in [5.41, 5.74) is -0.740. The molecule has 1 rings (SSSR count). The molecule has 0 radical (unpaired) electrons. The van der Waals surface area contributed by atoms with Crippen LogP contribution in [0.1, 0.15) is 33.1 Å². The Morgan fingerprint density at radius 2 is 1.82 bits per heavy atom. The van der Waals surface area contributed by atoms with Crippen LogP contribution in [0.15, 0.2) is 24.3 Å². The molecule has 0 saturated heterocycles. The molecule has 0 aliphatic rings. The van der Waals surface area contributed by atoms with Gasteiger partial charge in [0.25, 0.3) is 0 Å². The number of ether oxygens (including phenoxy) is 2. The summed E-state index contributed by atoms with van der Waals surface area (Å²) in [5.74, 6) is 1.38. The molecule has 0 aliphatic carbocycles. The normalized spacial score (nSPS) is 14.1. The Morgan fingerprint density at radius 3 is 2.35 bits per heavy atom. The first-order valence-corrected chi connectivity index (χ1v) is 6.13.